The maximum absolute atomic E-state index is 12.3. The SMILES string of the molecule is COc1cccc(CCC(=O)N2CC(CN)CC2C)c1.Cl. The summed E-state index contributed by atoms with van der Waals surface area (Å²) >= 11 is 0. The van der Waals surface area contributed by atoms with Crippen molar-refractivity contribution in [2.24, 2.45) is 11.7 Å². The monoisotopic (exact) mass is 312 g/mol. The molecule has 5 heteroatoms. The average Bonchev–Trinajstić information content (AvgIpc) is 2.86. The number of halogens is 1. The van der Waals surface area contributed by atoms with Crippen LogP contribution in [0.25, 0.3) is 0 Å². The average molecular weight is 313 g/mol. The van der Waals surface area contributed by atoms with Gasteiger partial charge in [-0.25, -0.2) is 0 Å². The number of amides is 1. The Morgan fingerprint density at radius 3 is 2.86 bits per heavy atom. The van der Waals surface area contributed by atoms with Crippen LogP contribution in [0.1, 0.15) is 25.3 Å². The molecule has 1 aliphatic rings. The van der Waals surface area contributed by atoms with Crippen molar-refractivity contribution in [1.82, 2.24) is 4.90 Å². The molecule has 1 saturated heterocycles. The van der Waals surface area contributed by atoms with Crippen LogP contribution >= 0.6 is 12.4 Å². The van der Waals surface area contributed by atoms with Crippen LogP contribution in [0.5, 0.6) is 5.75 Å². The predicted molar refractivity (Wildman–Crippen MR) is 86.9 cm³/mol. The number of hydrogen-bond donors (Lipinski definition) is 1. The molecular weight excluding hydrogens is 288 g/mol. The molecule has 2 rings (SSSR count). The van der Waals surface area contributed by atoms with Crippen LogP contribution < -0.4 is 10.5 Å². The van der Waals surface area contributed by atoms with Crippen molar-refractivity contribution in [1.29, 1.82) is 0 Å². The predicted octanol–water partition coefficient (Wildman–Crippen LogP) is 2.25. The lowest BCUT2D eigenvalue weighted by Crippen LogP contribution is -2.34. The molecule has 0 saturated carbocycles. The van der Waals surface area contributed by atoms with E-state index in [4.69, 9.17) is 10.5 Å². The number of nitrogens with two attached hydrogens (primary N) is 1. The molecule has 118 valence electrons. The molecule has 21 heavy (non-hydrogen) atoms. The zero-order valence-electron chi connectivity index (χ0n) is 12.7. The minimum absolute atomic E-state index is 0. The molecule has 4 nitrogen and oxygen atoms in total. The van der Waals surface area contributed by atoms with E-state index in [2.05, 4.69) is 6.92 Å². The standard InChI is InChI=1S/C16H24N2O2.ClH/c1-12-8-14(10-17)11-18(12)16(19)7-6-13-4-3-5-15(9-13)20-2;/h3-5,9,12,14H,6-8,10-11,17H2,1-2H3;1H. The van der Waals surface area contributed by atoms with Crippen LogP contribution in [0.15, 0.2) is 24.3 Å². The van der Waals surface area contributed by atoms with Crippen molar-refractivity contribution in [3.8, 4) is 5.75 Å². The number of aryl methyl sites for hydroxylation is 1. The maximum atomic E-state index is 12.3. The number of carbonyl (C=O) groups excluding carboxylic acids is 1. The molecule has 2 unspecified atom stereocenters. The van der Waals surface area contributed by atoms with Gasteiger partial charge in [-0.05, 0) is 49.9 Å². The molecule has 0 aliphatic carbocycles. The van der Waals surface area contributed by atoms with Gasteiger partial charge >= 0.3 is 0 Å². The van der Waals surface area contributed by atoms with E-state index in [1.165, 1.54) is 0 Å². The van der Waals surface area contributed by atoms with Crippen LogP contribution in [0, 0.1) is 5.92 Å². The number of likely N-dealkylation sites (tertiary alicyclic amines) is 1. The Hall–Kier alpha value is -1.26. The fourth-order valence-electron chi connectivity index (χ4n) is 2.88. The first-order valence-electron chi connectivity index (χ1n) is 7.26. The van der Waals surface area contributed by atoms with Gasteiger partial charge in [0, 0.05) is 19.0 Å². The van der Waals surface area contributed by atoms with E-state index < -0.39 is 0 Å². The molecule has 2 atom stereocenters. The Bertz CT molecular complexity index is 467. The molecular formula is C16H25ClN2O2. The molecule has 1 amide bonds. The smallest absolute Gasteiger partial charge is 0.223 e. The van der Waals surface area contributed by atoms with E-state index >= 15 is 0 Å². The quantitative estimate of drug-likeness (QED) is 0.907. The van der Waals surface area contributed by atoms with Crippen LogP contribution in [0.4, 0.5) is 0 Å². The number of ether oxygens (including phenoxy) is 1. The van der Waals surface area contributed by atoms with Gasteiger partial charge in [0.1, 0.15) is 5.75 Å². The third kappa shape index (κ3) is 4.61. The van der Waals surface area contributed by atoms with Gasteiger partial charge < -0.3 is 15.4 Å². The van der Waals surface area contributed by atoms with Gasteiger partial charge in [-0.2, -0.15) is 0 Å². The summed E-state index contributed by atoms with van der Waals surface area (Å²) in [5.74, 6) is 1.54. The second-order valence-corrected chi connectivity index (χ2v) is 5.58. The Kier molecular flexibility index (Phi) is 6.99. The van der Waals surface area contributed by atoms with E-state index in [9.17, 15) is 4.79 Å². The van der Waals surface area contributed by atoms with E-state index in [1.54, 1.807) is 7.11 Å². The molecule has 0 aromatic heterocycles. The third-order valence-corrected chi connectivity index (χ3v) is 4.08. The summed E-state index contributed by atoms with van der Waals surface area (Å²) in [4.78, 5) is 14.3. The van der Waals surface area contributed by atoms with Gasteiger partial charge in [0.25, 0.3) is 0 Å². The van der Waals surface area contributed by atoms with Crippen molar-refractivity contribution in [2.45, 2.75) is 32.2 Å². The van der Waals surface area contributed by atoms with Crippen molar-refractivity contribution in [3.05, 3.63) is 29.8 Å². The van der Waals surface area contributed by atoms with Crippen LogP contribution in [0.2, 0.25) is 0 Å². The van der Waals surface area contributed by atoms with Crippen molar-refractivity contribution >= 4 is 18.3 Å². The van der Waals surface area contributed by atoms with Crippen LogP contribution in [-0.2, 0) is 11.2 Å². The first-order valence-corrected chi connectivity index (χ1v) is 7.26. The Morgan fingerprint density at radius 1 is 1.48 bits per heavy atom. The fraction of sp³-hybridized carbons (Fsp3) is 0.562. The number of benzene rings is 1. The molecule has 0 radical (unpaired) electrons. The second kappa shape index (κ2) is 8.25. The number of hydrogen-bond acceptors (Lipinski definition) is 3. The van der Waals surface area contributed by atoms with Gasteiger partial charge in [0.2, 0.25) is 5.91 Å². The molecule has 0 spiro atoms. The van der Waals surface area contributed by atoms with E-state index in [0.717, 1.165) is 30.7 Å². The Labute approximate surface area is 133 Å². The number of methoxy groups -OCH3 is 1. The van der Waals surface area contributed by atoms with Gasteiger partial charge in [-0.1, -0.05) is 12.1 Å². The van der Waals surface area contributed by atoms with Gasteiger partial charge in [0.15, 0.2) is 0 Å². The van der Waals surface area contributed by atoms with Gasteiger partial charge in [-0.3, -0.25) is 4.79 Å². The number of nitrogens with zero attached hydrogens (tertiary/aromatic N) is 1. The van der Waals surface area contributed by atoms with Crippen molar-refractivity contribution < 1.29 is 9.53 Å². The van der Waals surface area contributed by atoms with E-state index in [0.29, 0.717) is 24.9 Å². The summed E-state index contributed by atoms with van der Waals surface area (Å²) in [6.45, 7) is 3.59. The lowest BCUT2D eigenvalue weighted by molar-refractivity contribution is -0.131. The summed E-state index contributed by atoms with van der Waals surface area (Å²) in [6.07, 6.45) is 2.34. The minimum atomic E-state index is 0. The van der Waals surface area contributed by atoms with Gasteiger partial charge in [0.05, 0.1) is 7.11 Å². The fourth-order valence-corrected chi connectivity index (χ4v) is 2.88. The summed E-state index contributed by atoms with van der Waals surface area (Å²) in [5.41, 5.74) is 6.84. The zero-order valence-corrected chi connectivity index (χ0v) is 13.6. The first kappa shape index (κ1) is 17.8. The summed E-state index contributed by atoms with van der Waals surface area (Å²) in [6, 6.07) is 8.22. The van der Waals surface area contributed by atoms with Gasteiger partial charge in [-0.15, -0.1) is 12.4 Å². The first-order chi connectivity index (χ1) is 9.63. The molecule has 1 aromatic carbocycles. The highest BCUT2D eigenvalue weighted by molar-refractivity contribution is 5.85. The number of carbonyl (C=O) groups is 1. The highest BCUT2D eigenvalue weighted by atomic mass is 35.5. The zero-order chi connectivity index (χ0) is 14.5. The summed E-state index contributed by atoms with van der Waals surface area (Å²) < 4.78 is 5.20. The molecule has 2 N–H and O–H groups in total. The third-order valence-electron chi connectivity index (χ3n) is 4.08. The van der Waals surface area contributed by atoms with E-state index in [1.807, 2.05) is 29.2 Å². The second-order valence-electron chi connectivity index (χ2n) is 5.58. The molecule has 1 aromatic rings. The number of rotatable bonds is 5. The highest BCUT2D eigenvalue weighted by Crippen LogP contribution is 2.23. The van der Waals surface area contributed by atoms with E-state index in [-0.39, 0.29) is 18.3 Å². The lowest BCUT2D eigenvalue weighted by atomic mass is 10.1. The van der Waals surface area contributed by atoms with Crippen LogP contribution in [-0.4, -0.2) is 37.0 Å². The van der Waals surface area contributed by atoms with Crippen molar-refractivity contribution in [2.75, 3.05) is 20.2 Å². The summed E-state index contributed by atoms with van der Waals surface area (Å²) in [5, 5.41) is 0. The molecule has 1 fully saturated rings. The normalized spacial score (nSPS) is 21.0. The molecule has 1 aliphatic heterocycles. The molecule has 1 heterocycles. The largest absolute Gasteiger partial charge is 0.497 e. The highest BCUT2D eigenvalue weighted by Gasteiger charge is 2.30. The lowest BCUT2D eigenvalue weighted by Gasteiger charge is -2.21. The van der Waals surface area contributed by atoms with Crippen molar-refractivity contribution in [3.63, 3.8) is 0 Å². The van der Waals surface area contributed by atoms with Crippen LogP contribution in [0.3, 0.4) is 0 Å². The minimum Gasteiger partial charge on any atom is -0.497 e. The molecule has 0 bridgehead atoms. The summed E-state index contributed by atoms with van der Waals surface area (Å²) in [7, 11) is 1.66. The topological polar surface area (TPSA) is 55.6 Å². The Balaban J connectivity index is 0.00000220. The Morgan fingerprint density at radius 2 is 2.24 bits per heavy atom. The maximum Gasteiger partial charge on any atom is 0.223 e.